The number of aliphatic hydroxyl groups is 1. The summed E-state index contributed by atoms with van der Waals surface area (Å²) < 4.78 is 41.8. The van der Waals surface area contributed by atoms with Crippen molar-refractivity contribution in [1.82, 2.24) is 24.5 Å². The van der Waals surface area contributed by atoms with E-state index in [9.17, 15) is 23.1 Å². The smallest absolute Gasteiger partial charge is 0.396 e. The molecule has 1 atom stereocenters. The summed E-state index contributed by atoms with van der Waals surface area (Å²) in [4.78, 5) is 16.5. The second kappa shape index (κ2) is 9.29. The van der Waals surface area contributed by atoms with Crippen LogP contribution in [0.3, 0.4) is 0 Å². The lowest BCUT2D eigenvalue weighted by atomic mass is 10.1. The number of alkyl halides is 3. The topological polar surface area (TPSA) is 97.9 Å². The third-order valence-electron chi connectivity index (χ3n) is 4.81. The van der Waals surface area contributed by atoms with Crippen molar-refractivity contribution < 1.29 is 23.1 Å². The van der Waals surface area contributed by atoms with E-state index in [1.807, 2.05) is 13.8 Å². The number of aryl methyl sites for hydroxylation is 1. The molecule has 0 aliphatic rings. The average molecular weight is 471 g/mol. The largest absolute Gasteiger partial charge is 0.434 e. The first-order valence-corrected chi connectivity index (χ1v) is 10.2. The van der Waals surface area contributed by atoms with E-state index in [0.29, 0.717) is 16.4 Å². The molecule has 0 fully saturated rings. The molecule has 0 bridgehead atoms. The van der Waals surface area contributed by atoms with Crippen LogP contribution < -0.4 is 5.32 Å². The number of anilines is 1. The number of nitrogens with one attached hydrogen (secondary N) is 1. The minimum Gasteiger partial charge on any atom is -0.396 e. The molecular weight excluding hydrogens is 449 g/mol. The summed E-state index contributed by atoms with van der Waals surface area (Å²) in [6.45, 7) is 4.73. The van der Waals surface area contributed by atoms with Gasteiger partial charge in [0.15, 0.2) is 11.5 Å². The molecule has 0 saturated carbocycles. The number of hydrogen-bond donors (Lipinski definition) is 2. The average Bonchev–Trinajstić information content (AvgIpc) is 3.30. The van der Waals surface area contributed by atoms with Gasteiger partial charge in [0.1, 0.15) is 11.9 Å². The van der Waals surface area contributed by atoms with Crippen LogP contribution in [-0.4, -0.2) is 42.2 Å². The highest BCUT2D eigenvalue weighted by Crippen LogP contribution is 2.31. The van der Waals surface area contributed by atoms with E-state index in [0.717, 1.165) is 10.8 Å². The molecule has 32 heavy (non-hydrogen) atoms. The van der Waals surface area contributed by atoms with E-state index in [2.05, 4.69) is 20.6 Å². The van der Waals surface area contributed by atoms with Crippen LogP contribution >= 0.6 is 11.6 Å². The number of hydrogen-bond acceptors (Lipinski definition) is 5. The Morgan fingerprint density at radius 3 is 2.44 bits per heavy atom. The zero-order valence-corrected chi connectivity index (χ0v) is 18.3. The number of aliphatic hydroxyl groups excluding tert-OH is 1. The first kappa shape index (κ1) is 23.7. The van der Waals surface area contributed by atoms with Crippen LogP contribution in [0.15, 0.2) is 30.5 Å². The Hall–Kier alpha value is -2.92. The molecular formula is C20H22ClF3N6O2. The van der Waals surface area contributed by atoms with E-state index < -0.39 is 30.4 Å². The summed E-state index contributed by atoms with van der Waals surface area (Å²) in [5.74, 6) is -0.561. The number of carbonyl (C=O) groups excluding carboxylic acids is 1. The molecule has 1 aromatic carbocycles. The van der Waals surface area contributed by atoms with E-state index in [-0.39, 0.29) is 24.0 Å². The van der Waals surface area contributed by atoms with E-state index in [1.54, 1.807) is 28.9 Å². The molecule has 12 heteroatoms. The number of halogens is 4. The predicted molar refractivity (Wildman–Crippen MR) is 112 cm³/mol. The third-order valence-corrected chi connectivity index (χ3v) is 5.07. The van der Waals surface area contributed by atoms with Crippen LogP contribution in [0, 0.1) is 6.92 Å². The van der Waals surface area contributed by atoms with Gasteiger partial charge in [0.2, 0.25) is 5.91 Å². The highest BCUT2D eigenvalue weighted by atomic mass is 35.5. The molecule has 3 rings (SSSR count). The highest BCUT2D eigenvalue weighted by Gasteiger charge is 2.36. The number of imidazole rings is 1. The van der Waals surface area contributed by atoms with Gasteiger partial charge in [-0.3, -0.25) is 4.79 Å². The number of aromatic nitrogens is 5. The van der Waals surface area contributed by atoms with E-state index >= 15 is 0 Å². The molecule has 2 aromatic heterocycles. The second-order valence-corrected chi connectivity index (χ2v) is 7.90. The van der Waals surface area contributed by atoms with Gasteiger partial charge in [-0.25, -0.2) is 9.67 Å². The summed E-state index contributed by atoms with van der Waals surface area (Å²) in [5, 5.41) is 20.8. The molecule has 0 aliphatic heterocycles. The van der Waals surface area contributed by atoms with Gasteiger partial charge in [-0.1, -0.05) is 30.7 Å². The Morgan fingerprint density at radius 2 is 1.91 bits per heavy atom. The lowest BCUT2D eigenvalue weighted by Gasteiger charge is -2.19. The summed E-state index contributed by atoms with van der Waals surface area (Å²) >= 11 is 5.94. The summed E-state index contributed by atoms with van der Waals surface area (Å²) in [6, 6.07) is 5.76. The third kappa shape index (κ3) is 4.94. The molecule has 0 spiro atoms. The van der Waals surface area contributed by atoms with Crippen LogP contribution in [0.25, 0.3) is 5.69 Å². The number of rotatable bonds is 7. The Kier molecular flexibility index (Phi) is 6.89. The lowest BCUT2D eigenvalue weighted by Crippen LogP contribution is -2.28. The zero-order chi connectivity index (χ0) is 23.6. The zero-order valence-electron chi connectivity index (χ0n) is 17.6. The van der Waals surface area contributed by atoms with Crippen molar-refractivity contribution >= 4 is 23.3 Å². The minimum absolute atomic E-state index is 0.000161. The van der Waals surface area contributed by atoms with Crippen LogP contribution in [0.5, 0.6) is 0 Å². The monoisotopic (exact) mass is 470 g/mol. The van der Waals surface area contributed by atoms with Gasteiger partial charge in [-0.05, 0) is 37.1 Å². The Bertz CT molecular complexity index is 1090. The molecule has 0 saturated heterocycles. The van der Waals surface area contributed by atoms with Crippen molar-refractivity contribution in [2.45, 2.75) is 45.3 Å². The molecule has 0 aliphatic carbocycles. The van der Waals surface area contributed by atoms with Crippen molar-refractivity contribution in [2.24, 2.45) is 0 Å². The molecule has 3 aromatic rings. The van der Waals surface area contributed by atoms with Crippen molar-refractivity contribution in [3.63, 3.8) is 0 Å². The van der Waals surface area contributed by atoms with Gasteiger partial charge in [0, 0.05) is 24.2 Å². The molecule has 2 N–H and O–H groups in total. The van der Waals surface area contributed by atoms with Crippen LogP contribution in [0.4, 0.5) is 19.0 Å². The van der Waals surface area contributed by atoms with Gasteiger partial charge in [-0.15, -0.1) is 5.10 Å². The molecule has 0 unspecified atom stereocenters. The van der Waals surface area contributed by atoms with Gasteiger partial charge in [0.05, 0.1) is 11.4 Å². The minimum atomic E-state index is -4.65. The molecule has 8 nitrogen and oxygen atoms in total. The van der Waals surface area contributed by atoms with Crippen LogP contribution in [-0.2, 0) is 11.0 Å². The Morgan fingerprint density at radius 1 is 1.25 bits per heavy atom. The van der Waals surface area contributed by atoms with Gasteiger partial charge >= 0.3 is 6.18 Å². The Balaban J connectivity index is 1.94. The Labute approximate surface area is 187 Å². The van der Waals surface area contributed by atoms with E-state index in [1.165, 1.54) is 6.92 Å². The molecule has 1 amide bonds. The quantitative estimate of drug-likeness (QED) is 0.541. The van der Waals surface area contributed by atoms with Crippen LogP contribution in [0.2, 0.25) is 5.02 Å². The molecule has 2 heterocycles. The fourth-order valence-electron chi connectivity index (χ4n) is 3.33. The molecule has 0 radical (unpaired) electrons. The summed E-state index contributed by atoms with van der Waals surface area (Å²) in [6.07, 6.45) is -3.99. The van der Waals surface area contributed by atoms with Crippen molar-refractivity contribution in [2.75, 3.05) is 11.9 Å². The van der Waals surface area contributed by atoms with Gasteiger partial charge in [0.25, 0.3) is 0 Å². The normalized spacial score (nSPS) is 12.9. The van der Waals surface area contributed by atoms with E-state index in [4.69, 9.17) is 11.6 Å². The van der Waals surface area contributed by atoms with Crippen molar-refractivity contribution in [1.29, 1.82) is 0 Å². The predicted octanol–water partition coefficient (Wildman–Crippen LogP) is 4.13. The summed E-state index contributed by atoms with van der Waals surface area (Å²) in [5.41, 5.74) is 0.169. The fraction of sp³-hybridized carbons (Fsp3) is 0.400. The number of nitrogens with zero attached hydrogens (tertiary/aromatic N) is 5. The highest BCUT2D eigenvalue weighted by molar-refractivity contribution is 6.30. The molecule has 172 valence electrons. The van der Waals surface area contributed by atoms with Gasteiger partial charge < -0.3 is 15.0 Å². The second-order valence-electron chi connectivity index (χ2n) is 7.46. The van der Waals surface area contributed by atoms with Crippen LogP contribution in [0.1, 0.15) is 49.4 Å². The maximum Gasteiger partial charge on any atom is 0.434 e. The lowest BCUT2D eigenvalue weighted by molar-refractivity contribution is -0.141. The standard InChI is InChI=1S/C20H22ClF3N6O2/c1-11(2)17-18(27-28-30(17)14-6-4-13(21)5-7-14)26-19(32)15(8-9-31)29-10-16(20(22,23)24)25-12(29)3/h4-7,10-11,15,31H,8-9H2,1-3H3,(H,26,32)/t15-/m0/s1. The number of carbonyl (C=O) groups is 1. The maximum atomic E-state index is 13.1. The number of benzene rings is 1. The van der Waals surface area contributed by atoms with Crippen molar-refractivity contribution in [3.8, 4) is 5.69 Å². The maximum absolute atomic E-state index is 13.1. The SMILES string of the molecule is Cc1nc(C(F)(F)F)cn1[C@@H](CCO)C(=O)Nc1nnn(-c2ccc(Cl)cc2)c1C(C)C. The number of amides is 1. The van der Waals surface area contributed by atoms with Gasteiger partial charge in [-0.2, -0.15) is 13.2 Å². The van der Waals surface area contributed by atoms with Crippen molar-refractivity contribution in [3.05, 3.63) is 52.7 Å². The first-order valence-electron chi connectivity index (χ1n) is 9.78. The summed E-state index contributed by atoms with van der Waals surface area (Å²) in [7, 11) is 0. The fourth-order valence-corrected chi connectivity index (χ4v) is 3.45. The first-order chi connectivity index (χ1) is 15.0.